The molecule has 0 aromatic heterocycles. The van der Waals surface area contributed by atoms with Gasteiger partial charge >= 0.3 is 6.18 Å². The Labute approximate surface area is 134 Å². The van der Waals surface area contributed by atoms with Crippen LogP contribution in [0.25, 0.3) is 0 Å². The molecule has 126 valence electrons. The number of hydrogen-bond acceptors (Lipinski definition) is 4. The summed E-state index contributed by atoms with van der Waals surface area (Å²) in [6, 6.07) is 9.10. The number of carbonyl (C=O) groups is 1. The molecule has 1 N–H and O–H groups in total. The summed E-state index contributed by atoms with van der Waals surface area (Å²) in [7, 11) is 0. The molecule has 2 aromatic rings. The predicted octanol–water partition coefficient (Wildman–Crippen LogP) is 3.63. The maximum atomic E-state index is 12.4. The Hall–Kier alpha value is -3.10. The van der Waals surface area contributed by atoms with Gasteiger partial charge in [0.1, 0.15) is 5.75 Å². The number of rotatable bonds is 5. The quantitative estimate of drug-likeness (QED) is 0.666. The zero-order valence-electron chi connectivity index (χ0n) is 12.0. The van der Waals surface area contributed by atoms with Gasteiger partial charge in [0, 0.05) is 17.8 Å². The van der Waals surface area contributed by atoms with E-state index in [1.165, 1.54) is 24.3 Å². The number of ether oxygens (including phenoxy) is 1. The van der Waals surface area contributed by atoms with E-state index < -0.39 is 29.2 Å². The number of amides is 1. The summed E-state index contributed by atoms with van der Waals surface area (Å²) in [5.74, 6) is -0.323. The van der Waals surface area contributed by atoms with E-state index in [4.69, 9.17) is 4.74 Å². The van der Waals surface area contributed by atoms with Crippen LogP contribution >= 0.6 is 0 Å². The lowest BCUT2D eigenvalue weighted by Gasteiger charge is -2.09. The highest BCUT2D eigenvalue weighted by Gasteiger charge is 2.29. The van der Waals surface area contributed by atoms with Crippen LogP contribution in [0.4, 0.5) is 24.5 Å². The van der Waals surface area contributed by atoms with E-state index in [2.05, 4.69) is 5.32 Å². The van der Waals surface area contributed by atoms with Crippen LogP contribution in [0.15, 0.2) is 48.5 Å². The van der Waals surface area contributed by atoms with E-state index in [9.17, 15) is 28.1 Å². The fourth-order valence-electron chi connectivity index (χ4n) is 1.75. The number of benzene rings is 2. The van der Waals surface area contributed by atoms with Crippen LogP contribution in [0.2, 0.25) is 0 Å². The summed E-state index contributed by atoms with van der Waals surface area (Å²) in [4.78, 5) is 21.6. The number of non-ortho nitro benzene ring substituents is 1. The molecule has 0 aliphatic rings. The third-order valence-corrected chi connectivity index (χ3v) is 2.91. The highest BCUT2D eigenvalue weighted by Crippen LogP contribution is 2.29. The first kappa shape index (κ1) is 17.3. The van der Waals surface area contributed by atoms with Crippen molar-refractivity contribution in [3.05, 3.63) is 64.2 Å². The smallest absolute Gasteiger partial charge is 0.416 e. The van der Waals surface area contributed by atoms with Crippen LogP contribution in [-0.2, 0) is 11.0 Å². The molecule has 0 bridgehead atoms. The summed E-state index contributed by atoms with van der Waals surface area (Å²) >= 11 is 0. The van der Waals surface area contributed by atoms with Crippen LogP contribution in [0.1, 0.15) is 5.56 Å². The van der Waals surface area contributed by atoms with Crippen LogP contribution in [0.5, 0.6) is 5.75 Å². The monoisotopic (exact) mass is 340 g/mol. The van der Waals surface area contributed by atoms with Crippen molar-refractivity contribution in [3.8, 4) is 5.75 Å². The molecule has 0 aliphatic heterocycles. The number of nitrogens with one attached hydrogen (secondary N) is 1. The van der Waals surface area contributed by atoms with Crippen molar-refractivity contribution in [2.75, 3.05) is 11.9 Å². The van der Waals surface area contributed by atoms with Crippen molar-refractivity contribution in [3.63, 3.8) is 0 Å². The number of hydrogen-bond donors (Lipinski definition) is 1. The Morgan fingerprint density at radius 3 is 2.17 bits per heavy atom. The minimum atomic E-state index is -4.44. The SMILES string of the molecule is O=C(COc1ccc([N+](=O)[O-])cc1)Nc1ccc(C(F)(F)F)cc1. The van der Waals surface area contributed by atoms with E-state index in [0.717, 1.165) is 24.3 Å². The standard InChI is InChI=1S/C15H11F3N2O4/c16-15(17,18)10-1-3-11(4-2-10)19-14(21)9-24-13-7-5-12(6-8-13)20(22)23/h1-8H,9H2,(H,19,21). The molecule has 0 radical (unpaired) electrons. The van der Waals surface area contributed by atoms with E-state index in [-0.39, 0.29) is 17.1 Å². The van der Waals surface area contributed by atoms with Gasteiger partial charge in [-0.05, 0) is 36.4 Å². The summed E-state index contributed by atoms with van der Waals surface area (Å²) in [6.07, 6.45) is -4.44. The second kappa shape index (κ2) is 6.99. The average Bonchev–Trinajstić information content (AvgIpc) is 2.53. The molecule has 24 heavy (non-hydrogen) atoms. The molecule has 0 saturated carbocycles. The molecular formula is C15H11F3N2O4. The number of halogens is 3. The number of nitro benzene ring substituents is 1. The lowest BCUT2D eigenvalue weighted by Crippen LogP contribution is -2.20. The third kappa shape index (κ3) is 4.70. The molecule has 0 heterocycles. The molecular weight excluding hydrogens is 329 g/mol. The number of carbonyl (C=O) groups excluding carboxylic acids is 1. The molecule has 0 saturated heterocycles. The minimum Gasteiger partial charge on any atom is -0.484 e. The Morgan fingerprint density at radius 1 is 1.08 bits per heavy atom. The Balaban J connectivity index is 1.88. The fourth-order valence-corrected chi connectivity index (χ4v) is 1.75. The summed E-state index contributed by atoms with van der Waals surface area (Å²) in [6.45, 7) is -0.390. The van der Waals surface area contributed by atoms with Gasteiger partial charge in [0.05, 0.1) is 10.5 Å². The molecule has 2 aromatic carbocycles. The van der Waals surface area contributed by atoms with Gasteiger partial charge in [-0.25, -0.2) is 0 Å². The van der Waals surface area contributed by atoms with Crippen LogP contribution in [-0.4, -0.2) is 17.4 Å². The molecule has 0 unspecified atom stereocenters. The van der Waals surface area contributed by atoms with Gasteiger partial charge in [0.2, 0.25) is 0 Å². The third-order valence-electron chi connectivity index (χ3n) is 2.91. The zero-order chi connectivity index (χ0) is 17.7. The van der Waals surface area contributed by atoms with Gasteiger partial charge in [-0.15, -0.1) is 0 Å². The maximum absolute atomic E-state index is 12.4. The van der Waals surface area contributed by atoms with E-state index in [1.807, 2.05) is 0 Å². The fraction of sp³-hybridized carbons (Fsp3) is 0.133. The molecule has 1 amide bonds. The number of alkyl halides is 3. The summed E-state index contributed by atoms with van der Waals surface area (Å²) in [5, 5.41) is 12.9. The molecule has 0 spiro atoms. The van der Waals surface area contributed by atoms with Crippen molar-refractivity contribution in [2.24, 2.45) is 0 Å². The van der Waals surface area contributed by atoms with Gasteiger partial charge in [-0.2, -0.15) is 13.2 Å². The Kier molecular flexibility index (Phi) is 5.02. The average molecular weight is 340 g/mol. The molecule has 9 heteroatoms. The van der Waals surface area contributed by atoms with E-state index in [0.29, 0.717) is 0 Å². The van der Waals surface area contributed by atoms with E-state index in [1.54, 1.807) is 0 Å². The lowest BCUT2D eigenvalue weighted by molar-refractivity contribution is -0.384. The number of nitrogens with zero attached hydrogens (tertiary/aromatic N) is 1. The van der Waals surface area contributed by atoms with Gasteiger partial charge in [-0.3, -0.25) is 14.9 Å². The normalized spacial score (nSPS) is 11.0. The molecule has 0 atom stereocenters. The lowest BCUT2D eigenvalue weighted by atomic mass is 10.2. The van der Waals surface area contributed by atoms with Crippen molar-refractivity contribution in [2.45, 2.75) is 6.18 Å². The highest BCUT2D eigenvalue weighted by molar-refractivity contribution is 5.91. The molecule has 6 nitrogen and oxygen atoms in total. The zero-order valence-corrected chi connectivity index (χ0v) is 12.0. The first-order chi connectivity index (χ1) is 11.3. The maximum Gasteiger partial charge on any atom is 0.416 e. The largest absolute Gasteiger partial charge is 0.484 e. The summed E-state index contributed by atoms with van der Waals surface area (Å²) < 4.78 is 42.4. The van der Waals surface area contributed by atoms with Crippen molar-refractivity contribution in [1.29, 1.82) is 0 Å². The van der Waals surface area contributed by atoms with Gasteiger partial charge < -0.3 is 10.1 Å². The minimum absolute atomic E-state index is 0.114. The van der Waals surface area contributed by atoms with Crippen molar-refractivity contribution < 1.29 is 27.6 Å². The van der Waals surface area contributed by atoms with Crippen LogP contribution in [0.3, 0.4) is 0 Å². The number of nitro groups is 1. The topological polar surface area (TPSA) is 81.5 Å². The van der Waals surface area contributed by atoms with Gasteiger partial charge in [0.15, 0.2) is 6.61 Å². The molecule has 0 aliphatic carbocycles. The van der Waals surface area contributed by atoms with Crippen LogP contribution < -0.4 is 10.1 Å². The molecule has 0 fully saturated rings. The van der Waals surface area contributed by atoms with Crippen LogP contribution in [0, 0.1) is 10.1 Å². The number of anilines is 1. The second-order valence-electron chi connectivity index (χ2n) is 4.66. The van der Waals surface area contributed by atoms with Gasteiger partial charge in [-0.1, -0.05) is 0 Å². The van der Waals surface area contributed by atoms with Crippen molar-refractivity contribution in [1.82, 2.24) is 0 Å². The Bertz CT molecular complexity index is 728. The second-order valence-corrected chi connectivity index (χ2v) is 4.66. The molecule has 2 rings (SSSR count). The Morgan fingerprint density at radius 2 is 1.67 bits per heavy atom. The summed E-state index contributed by atoms with van der Waals surface area (Å²) in [5.41, 5.74) is -0.737. The first-order valence-electron chi connectivity index (χ1n) is 6.60. The van der Waals surface area contributed by atoms with E-state index >= 15 is 0 Å². The highest BCUT2D eigenvalue weighted by atomic mass is 19.4. The van der Waals surface area contributed by atoms with Crippen molar-refractivity contribution >= 4 is 17.3 Å². The predicted molar refractivity (Wildman–Crippen MR) is 78.7 cm³/mol. The van der Waals surface area contributed by atoms with Gasteiger partial charge in [0.25, 0.3) is 11.6 Å². The first-order valence-corrected chi connectivity index (χ1v) is 6.60.